The molecular weight excluding hydrogens is 508 g/mol. The number of carbonyl (C=O) groups is 2. The minimum atomic E-state index is -3.94. The zero-order valence-corrected chi connectivity index (χ0v) is 22.4. The summed E-state index contributed by atoms with van der Waals surface area (Å²) in [4.78, 5) is 38.6. The third kappa shape index (κ3) is 4.80. The Kier molecular flexibility index (Phi) is 6.77. The van der Waals surface area contributed by atoms with Crippen LogP contribution in [0.25, 0.3) is 10.9 Å². The van der Waals surface area contributed by atoms with E-state index in [2.05, 4.69) is 20.8 Å². The Morgan fingerprint density at radius 2 is 2.03 bits per heavy atom. The Bertz CT molecular complexity index is 1550. The van der Waals surface area contributed by atoms with Crippen LogP contribution in [0.4, 0.5) is 0 Å². The van der Waals surface area contributed by atoms with Crippen LogP contribution < -0.4 is 0 Å². The molecule has 4 heterocycles. The summed E-state index contributed by atoms with van der Waals surface area (Å²) in [5.41, 5.74) is 2.06. The second-order valence-corrected chi connectivity index (χ2v) is 11.9. The van der Waals surface area contributed by atoms with Gasteiger partial charge in [-0.1, -0.05) is 5.92 Å². The summed E-state index contributed by atoms with van der Waals surface area (Å²) in [5.74, 6) is 2.53. The molecule has 3 aromatic rings. The van der Waals surface area contributed by atoms with E-state index >= 15 is 0 Å². The maximum absolute atomic E-state index is 13.6. The molecule has 5 rings (SSSR count). The fourth-order valence-electron chi connectivity index (χ4n) is 4.88. The highest BCUT2D eigenvalue weighted by Crippen LogP contribution is 2.27. The van der Waals surface area contributed by atoms with Gasteiger partial charge in [-0.3, -0.25) is 14.5 Å². The molecule has 2 amide bonds. The van der Waals surface area contributed by atoms with Crippen LogP contribution in [0.5, 0.6) is 0 Å². The van der Waals surface area contributed by atoms with Gasteiger partial charge in [0.15, 0.2) is 0 Å². The van der Waals surface area contributed by atoms with Gasteiger partial charge < -0.3 is 19.2 Å². The standard InChI is InChI=1S/C26H30N6O5S/c1-5-17-6-7-20-18(12-17)13-23(27-20)38(35,36)31-10-11-32(19(15-31)14-24(33)29(2)3)26(34)25-28-21-8-9-30(4)16-22(21)37-25/h1,6-7,12-13,19,27H,8-11,14-16H2,2-4H3. The molecule has 0 bridgehead atoms. The Morgan fingerprint density at radius 1 is 1.24 bits per heavy atom. The molecule has 2 aliphatic rings. The van der Waals surface area contributed by atoms with E-state index in [-0.39, 0.29) is 42.9 Å². The second kappa shape index (κ2) is 9.90. The molecule has 1 N–H and O–H groups in total. The first-order valence-corrected chi connectivity index (χ1v) is 13.8. The van der Waals surface area contributed by atoms with Crippen molar-refractivity contribution in [2.75, 3.05) is 47.3 Å². The van der Waals surface area contributed by atoms with E-state index in [4.69, 9.17) is 10.8 Å². The molecule has 2 aliphatic heterocycles. The van der Waals surface area contributed by atoms with Gasteiger partial charge in [0.1, 0.15) is 10.8 Å². The quantitative estimate of drug-likeness (QED) is 0.483. The number of amides is 2. The van der Waals surface area contributed by atoms with E-state index in [9.17, 15) is 18.0 Å². The van der Waals surface area contributed by atoms with E-state index in [1.807, 2.05) is 7.05 Å². The molecule has 1 aromatic carbocycles. The Morgan fingerprint density at radius 3 is 2.76 bits per heavy atom. The minimum Gasteiger partial charge on any atom is -0.436 e. The number of piperazine rings is 1. The third-order valence-corrected chi connectivity index (χ3v) is 8.89. The SMILES string of the molecule is C#Cc1ccc2[nH]c(S(=O)(=O)N3CCN(C(=O)c4nc5c(o4)CN(C)CC5)C(CC(=O)N(C)C)C3)cc2c1. The lowest BCUT2D eigenvalue weighted by Crippen LogP contribution is -2.57. The van der Waals surface area contributed by atoms with Gasteiger partial charge in [-0.2, -0.15) is 4.31 Å². The molecule has 0 radical (unpaired) electrons. The van der Waals surface area contributed by atoms with Gasteiger partial charge in [-0.25, -0.2) is 13.4 Å². The minimum absolute atomic E-state index is 0.0242. The number of carbonyl (C=O) groups excluding carboxylic acids is 2. The number of H-pyrrole nitrogens is 1. The van der Waals surface area contributed by atoms with Crippen molar-refractivity contribution >= 4 is 32.7 Å². The fraction of sp³-hybridized carbons (Fsp3) is 0.423. The summed E-state index contributed by atoms with van der Waals surface area (Å²) in [6.07, 6.45) is 6.13. The molecule has 0 saturated carbocycles. The number of nitrogens with zero attached hydrogens (tertiary/aromatic N) is 5. The second-order valence-electron chi connectivity index (χ2n) is 9.96. The van der Waals surface area contributed by atoms with Gasteiger partial charge in [-0.05, 0) is 31.3 Å². The molecule has 0 spiro atoms. The summed E-state index contributed by atoms with van der Waals surface area (Å²) >= 11 is 0. The Hall–Kier alpha value is -3.66. The molecule has 1 atom stereocenters. The van der Waals surface area contributed by atoms with Crippen LogP contribution in [-0.2, 0) is 27.8 Å². The van der Waals surface area contributed by atoms with E-state index in [0.717, 1.165) is 12.2 Å². The molecule has 38 heavy (non-hydrogen) atoms. The highest BCUT2D eigenvalue weighted by Gasteiger charge is 2.40. The van der Waals surface area contributed by atoms with Gasteiger partial charge in [0, 0.05) is 69.6 Å². The number of aromatic nitrogens is 2. The van der Waals surface area contributed by atoms with Crippen LogP contribution in [-0.4, -0.2) is 103 Å². The van der Waals surface area contributed by atoms with Crippen molar-refractivity contribution in [1.82, 2.24) is 29.0 Å². The molecule has 1 saturated heterocycles. The number of hydrogen-bond donors (Lipinski definition) is 1. The van der Waals surface area contributed by atoms with Crippen LogP contribution in [0.2, 0.25) is 0 Å². The highest BCUT2D eigenvalue weighted by molar-refractivity contribution is 7.89. The molecule has 1 fully saturated rings. The number of nitrogens with one attached hydrogen (secondary N) is 1. The summed E-state index contributed by atoms with van der Waals surface area (Å²) in [7, 11) is 1.28. The van der Waals surface area contributed by atoms with Crippen molar-refractivity contribution in [3.8, 4) is 12.3 Å². The zero-order chi connectivity index (χ0) is 27.2. The van der Waals surface area contributed by atoms with Gasteiger partial charge in [0.2, 0.25) is 5.91 Å². The van der Waals surface area contributed by atoms with E-state index in [0.29, 0.717) is 35.2 Å². The fourth-order valence-corrected chi connectivity index (χ4v) is 6.37. The van der Waals surface area contributed by atoms with Gasteiger partial charge in [0.05, 0.1) is 18.3 Å². The largest absolute Gasteiger partial charge is 0.436 e. The number of terminal acetylenes is 1. The smallest absolute Gasteiger partial charge is 0.310 e. The van der Waals surface area contributed by atoms with Crippen molar-refractivity contribution in [3.05, 3.63) is 47.2 Å². The number of aromatic amines is 1. The summed E-state index contributed by atoms with van der Waals surface area (Å²) in [6, 6.07) is 6.09. The monoisotopic (exact) mass is 538 g/mol. The Balaban J connectivity index is 1.41. The van der Waals surface area contributed by atoms with Crippen molar-refractivity contribution in [2.24, 2.45) is 0 Å². The molecule has 12 heteroatoms. The molecule has 2 aromatic heterocycles. The van der Waals surface area contributed by atoms with E-state index in [1.165, 1.54) is 14.1 Å². The number of oxazole rings is 1. The average molecular weight is 539 g/mol. The maximum atomic E-state index is 13.6. The normalized spacial score (nSPS) is 18.8. The van der Waals surface area contributed by atoms with Gasteiger partial charge in [0.25, 0.3) is 15.9 Å². The van der Waals surface area contributed by atoms with Crippen LogP contribution >= 0.6 is 0 Å². The molecule has 0 aliphatic carbocycles. The van der Waals surface area contributed by atoms with Crippen molar-refractivity contribution < 1.29 is 22.4 Å². The lowest BCUT2D eigenvalue weighted by atomic mass is 10.1. The number of likely N-dealkylation sites (N-methyl/N-ethyl adjacent to an activating group) is 1. The number of sulfonamides is 1. The Labute approximate surface area is 221 Å². The molecule has 1 unspecified atom stereocenters. The maximum Gasteiger partial charge on any atom is 0.310 e. The van der Waals surface area contributed by atoms with Crippen molar-refractivity contribution in [3.63, 3.8) is 0 Å². The van der Waals surface area contributed by atoms with E-state index in [1.54, 1.807) is 38.4 Å². The number of rotatable bonds is 5. The average Bonchev–Trinajstić information content (AvgIpc) is 3.52. The summed E-state index contributed by atoms with van der Waals surface area (Å²) in [5, 5.41) is 0.717. The van der Waals surface area contributed by atoms with Crippen LogP contribution in [0.15, 0.2) is 33.7 Å². The summed E-state index contributed by atoms with van der Waals surface area (Å²) < 4.78 is 34.3. The molecule has 11 nitrogen and oxygen atoms in total. The van der Waals surface area contributed by atoms with E-state index < -0.39 is 22.0 Å². The van der Waals surface area contributed by atoms with Gasteiger partial charge >= 0.3 is 5.91 Å². The topological polar surface area (TPSA) is 123 Å². The first kappa shape index (κ1) is 26.0. The predicted octanol–water partition coefficient (Wildman–Crippen LogP) is 1.12. The number of hydrogen-bond acceptors (Lipinski definition) is 7. The van der Waals surface area contributed by atoms with Crippen LogP contribution in [0.3, 0.4) is 0 Å². The van der Waals surface area contributed by atoms with Crippen molar-refractivity contribution in [2.45, 2.75) is 30.5 Å². The number of fused-ring (bicyclic) bond motifs is 2. The first-order valence-electron chi connectivity index (χ1n) is 12.3. The molecule has 200 valence electrons. The van der Waals surface area contributed by atoms with Crippen molar-refractivity contribution in [1.29, 1.82) is 0 Å². The lowest BCUT2D eigenvalue weighted by molar-refractivity contribution is -0.130. The van der Waals surface area contributed by atoms with Crippen LogP contribution in [0.1, 0.15) is 34.1 Å². The zero-order valence-electron chi connectivity index (χ0n) is 21.6. The first-order chi connectivity index (χ1) is 18.1. The van der Waals surface area contributed by atoms with Gasteiger partial charge in [-0.15, -0.1) is 6.42 Å². The highest BCUT2D eigenvalue weighted by atomic mass is 32.2. The lowest BCUT2D eigenvalue weighted by Gasteiger charge is -2.40. The van der Waals surface area contributed by atoms with Crippen LogP contribution in [0, 0.1) is 12.3 Å². The molecular formula is C26H30N6O5S. The third-order valence-electron chi connectivity index (χ3n) is 7.10. The predicted molar refractivity (Wildman–Crippen MR) is 140 cm³/mol. The number of benzene rings is 1. The summed E-state index contributed by atoms with van der Waals surface area (Å²) in [6.45, 7) is 1.51.